The lowest BCUT2D eigenvalue weighted by Crippen LogP contribution is -2.29. The number of rotatable bonds is 7. The zero-order valence-corrected chi connectivity index (χ0v) is 17.5. The molecule has 2 aromatic carbocycles. The van der Waals surface area contributed by atoms with Crippen molar-refractivity contribution >= 4 is 29.1 Å². The maximum atomic E-state index is 12.8. The van der Waals surface area contributed by atoms with Gasteiger partial charge in [0.05, 0.1) is 30.4 Å². The Morgan fingerprint density at radius 2 is 1.93 bits per heavy atom. The van der Waals surface area contributed by atoms with Crippen LogP contribution in [0.4, 0.5) is 0 Å². The molecule has 6 nitrogen and oxygen atoms in total. The lowest BCUT2D eigenvalue weighted by molar-refractivity contribution is -0.139. The van der Waals surface area contributed by atoms with Gasteiger partial charge in [0, 0.05) is 12.1 Å². The third kappa shape index (κ3) is 3.91. The average molecular weight is 428 g/mol. The number of aliphatic hydroxyl groups is 1. The monoisotopic (exact) mass is 427 g/mol. The number of methoxy groups -OCH3 is 1. The van der Waals surface area contributed by atoms with E-state index in [1.54, 1.807) is 43.5 Å². The molecule has 1 amide bonds. The number of hydrogen-bond donors (Lipinski definition) is 1. The summed E-state index contributed by atoms with van der Waals surface area (Å²) in [7, 11) is 1.55. The number of aliphatic hydroxyl groups excluding tert-OH is 1. The van der Waals surface area contributed by atoms with E-state index in [9.17, 15) is 14.7 Å². The molecule has 0 saturated carbocycles. The molecule has 1 N–H and O–H groups in total. The number of ether oxygens (including phenoxy) is 2. The van der Waals surface area contributed by atoms with Crippen molar-refractivity contribution in [1.29, 1.82) is 0 Å². The number of ketones is 1. The highest BCUT2D eigenvalue weighted by atomic mass is 35.5. The summed E-state index contributed by atoms with van der Waals surface area (Å²) in [6, 6.07) is 10.9. The smallest absolute Gasteiger partial charge is 0.295 e. The van der Waals surface area contributed by atoms with E-state index in [1.807, 2.05) is 6.92 Å². The predicted octanol–water partition coefficient (Wildman–Crippen LogP) is 4.36. The van der Waals surface area contributed by atoms with E-state index in [0.717, 1.165) is 0 Å². The van der Waals surface area contributed by atoms with Crippen LogP contribution in [0.25, 0.3) is 5.76 Å². The minimum Gasteiger partial charge on any atom is -0.507 e. The molecule has 0 radical (unpaired) electrons. The molecule has 30 heavy (non-hydrogen) atoms. The first-order valence-electron chi connectivity index (χ1n) is 9.38. The summed E-state index contributed by atoms with van der Waals surface area (Å²) in [6.07, 6.45) is 1.54. The van der Waals surface area contributed by atoms with Crippen molar-refractivity contribution in [3.05, 3.63) is 76.8 Å². The van der Waals surface area contributed by atoms with Crippen molar-refractivity contribution in [1.82, 2.24) is 4.90 Å². The van der Waals surface area contributed by atoms with Crippen molar-refractivity contribution in [2.45, 2.75) is 13.0 Å². The Kier molecular flexibility index (Phi) is 6.47. The largest absolute Gasteiger partial charge is 0.507 e. The van der Waals surface area contributed by atoms with Gasteiger partial charge >= 0.3 is 0 Å². The molecule has 0 bridgehead atoms. The topological polar surface area (TPSA) is 76.1 Å². The molecular weight excluding hydrogens is 406 g/mol. The van der Waals surface area contributed by atoms with Crippen molar-refractivity contribution < 1.29 is 24.2 Å². The van der Waals surface area contributed by atoms with Gasteiger partial charge < -0.3 is 19.5 Å². The fourth-order valence-corrected chi connectivity index (χ4v) is 3.65. The normalized spacial score (nSPS) is 17.8. The van der Waals surface area contributed by atoms with Gasteiger partial charge in [-0.05, 0) is 42.8 Å². The third-order valence-corrected chi connectivity index (χ3v) is 5.10. The number of carbonyl (C=O) groups is 2. The number of carbonyl (C=O) groups excluding carboxylic acids is 2. The highest BCUT2D eigenvalue weighted by Gasteiger charge is 2.45. The molecule has 7 heteroatoms. The number of likely N-dealkylation sites (tertiary alicyclic amines) is 1. The highest BCUT2D eigenvalue weighted by molar-refractivity contribution is 6.46. The number of nitrogens with zero attached hydrogens (tertiary/aromatic N) is 1. The summed E-state index contributed by atoms with van der Waals surface area (Å²) < 4.78 is 10.6. The van der Waals surface area contributed by atoms with E-state index in [1.165, 1.54) is 17.0 Å². The summed E-state index contributed by atoms with van der Waals surface area (Å²) in [5.41, 5.74) is 0.973. The lowest BCUT2D eigenvalue weighted by atomic mass is 9.95. The van der Waals surface area contributed by atoms with E-state index in [0.29, 0.717) is 34.3 Å². The van der Waals surface area contributed by atoms with E-state index in [2.05, 4.69) is 6.58 Å². The fraction of sp³-hybridized carbons (Fsp3) is 0.217. The Bertz CT molecular complexity index is 1010. The third-order valence-electron chi connectivity index (χ3n) is 4.80. The Balaban J connectivity index is 2.14. The molecular formula is C23H22ClNO5. The van der Waals surface area contributed by atoms with Gasteiger partial charge in [0.15, 0.2) is 0 Å². The van der Waals surface area contributed by atoms with E-state index in [4.69, 9.17) is 21.1 Å². The molecule has 1 aliphatic rings. The molecule has 0 unspecified atom stereocenters. The zero-order chi connectivity index (χ0) is 21.8. The first-order valence-corrected chi connectivity index (χ1v) is 9.76. The fourth-order valence-electron chi connectivity index (χ4n) is 3.42. The van der Waals surface area contributed by atoms with Gasteiger partial charge in [-0.1, -0.05) is 29.8 Å². The maximum Gasteiger partial charge on any atom is 0.295 e. The second kappa shape index (κ2) is 9.05. The first-order chi connectivity index (χ1) is 14.4. The van der Waals surface area contributed by atoms with E-state index >= 15 is 0 Å². The second-order valence-corrected chi connectivity index (χ2v) is 7.00. The van der Waals surface area contributed by atoms with Gasteiger partial charge in [0.25, 0.3) is 11.7 Å². The minimum absolute atomic E-state index is 0.00718. The van der Waals surface area contributed by atoms with Gasteiger partial charge in [-0.3, -0.25) is 9.59 Å². The van der Waals surface area contributed by atoms with Crippen LogP contribution in [0, 0.1) is 0 Å². The van der Waals surface area contributed by atoms with Gasteiger partial charge in [-0.25, -0.2) is 0 Å². The highest BCUT2D eigenvalue weighted by Crippen LogP contribution is 2.40. The summed E-state index contributed by atoms with van der Waals surface area (Å²) in [4.78, 5) is 26.9. The SMILES string of the molecule is C=CCN1C(=O)C(=O)C(=C(O)c2ccc(OCC)c(Cl)c2)[C@@H]1c1ccc(OC)cc1. The number of hydrogen-bond acceptors (Lipinski definition) is 5. The van der Waals surface area contributed by atoms with Crippen LogP contribution in [-0.4, -0.2) is 42.0 Å². The van der Waals surface area contributed by atoms with Crippen LogP contribution < -0.4 is 9.47 Å². The van der Waals surface area contributed by atoms with Crippen molar-refractivity contribution in [3.63, 3.8) is 0 Å². The number of benzene rings is 2. The molecule has 1 atom stereocenters. The van der Waals surface area contributed by atoms with Gasteiger partial charge in [-0.15, -0.1) is 6.58 Å². The van der Waals surface area contributed by atoms with Crippen LogP contribution in [0.5, 0.6) is 11.5 Å². The van der Waals surface area contributed by atoms with Gasteiger partial charge in [0.2, 0.25) is 0 Å². The molecule has 2 aromatic rings. The van der Waals surface area contributed by atoms with Crippen LogP contribution >= 0.6 is 11.6 Å². The molecule has 1 fully saturated rings. The molecule has 0 spiro atoms. The number of Topliss-reactive ketones (excluding diaryl/α,β-unsaturated/α-hetero) is 1. The van der Waals surface area contributed by atoms with E-state index < -0.39 is 17.7 Å². The van der Waals surface area contributed by atoms with Gasteiger partial charge in [0.1, 0.15) is 17.3 Å². The van der Waals surface area contributed by atoms with Crippen molar-refractivity contribution in [3.8, 4) is 11.5 Å². The molecule has 0 aromatic heterocycles. The minimum atomic E-state index is -0.765. The standard InChI is InChI=1S/C23H22ClNO5/c1-4-12-25-20(14-6-9-16(29-3)10-7-14)19(22(27)23(25)28)21(26)15-8-11-18(30-5-2)17(24)13-15/h4,6-11,13,20,26H,1,5,12H2,2-3H3/t20-/m0/s1. The Hall–Kier alpha value is -3.25. The zero-order valence-electron chi connectivity index (χ0n) is 16.7. The molecule has 1 heterocycles. The van der Waals surface area contributed by atoms with Crippen LogP contribution in [0.3, 0.4) is 0 Å². The average Bonchev–Trinajstić information content (AvgIpc) is 3.00. The number of halogens is 1. The Morgan fingerprint density at radius 3 is 2.50 bits per heavy atom. The maximum absolute atomic E-state index is 12.8. The van der Waals surface area contributed by atoms with Crippen LogP contribution in [-0.2, 0) is 9.59 Å². The van der Waals surface area contributed by atoms with Crippen LogP contribution in [0.2, 0.25) is 5.02 Å². The van der Waals surface area contributed by atoms with Crippen LogP contribution in [0.1, 0.15) is 24.1 Å². The van der Waals surface area contributed by atoms with Crippen molar-refractivity contribution in [2.24, 2.45) is 0 Å². The summed E-state index contributed by atoms with van der Waals surface area (Å²) in [6.45, 7) is 6.10. The quantitative estimate of drug-likeness (QED) is 0.307. The Morgan fingerprint density at radius 1 is 1.23 bits per heavy atom. The van der Waals surface area contributed by atoms with Crippen LogP contribution in [0.15, 0.2) is 60.7 Å². The lowest BCUT2D eigenvalue weighted by Gasteiger charge is -2.24. The number of amides is 1. The van der Waals surface area contributed by atoms with Crippen molar-refractivity contribution in [2.75, 3.05) is 20.3 Å². The predicted molar refractivity (Wildman–Crippen MR) is 115 cm³/mol. The summed E-state index contributed by atoms with van der Waals surface area (Å²) >= 11 is 6.24. The second-order valence-electron chi connectivity index (χ2n) is 6.59. The molecule has 3 rings (SSSR count). The molecule has 0 aliphatic carbocycles. The Labute approximate surface area is 180 Å². The summed E-state index contributed by atoms with van der Waals surface area (Å²) in [5.74, 6) is -0.660. The molecule has 1 saturated heterocycles. The summed E-state index contributed by atoms with van der Waals surface area (Å²) in [5, 5.41) is 11.3. The van der Waals surface area contributed by atoms with Gasteiger partial charge in [-0.2, -0.15) is 0 Å². The molecule has 1 aliphatic heterocycles. The first kappa shape index (κ1) is 21.5. The molecule has 156 valence electrons. The van der Waals surface area contributed by atoms with E-state index in [-0.39, 0.29) is 17.9 Å².